The first-order valence-corrected chi connectivity index (χ1v) is 4.84. The van der Waals surface area contributed by atoms with E-state index in [1.807, 2.05) is 0 Å². The zero-order valence-electron chi connectivity index (χ0n) is 9.67. The van der Waals surface area contributed by atoms with Crippen molar-refractivity contribution in [2.45, 2.75) is 19.4 Å². The lowest BCUT2D eigenvalue weighted by Crippen LogP contribution is -2.40. The highest BCUT2D eigenvalue weighted by Crippen LogP contribution is 2.21. The number of carbonyl (C=O) groups is 1. The molecule has 0 saturated heterocycles. The molecule has 0 radical (unpaired) electrons. The molecule has 0 aliphatic rings. The topological polar surface area (TPSA) is 129 Å². The lowest BCUT2D eigenvalue weighted by Gasteiger charge is -2.21. The maximum Gasteiger partial charge on any atom is 0.328 e. The molecule has 1 rings (SSSR count). The number of hydrogen-bond donors (Lipinski definition) is 2. The first-order chi connectivity index (χ1) is 8.27. The first kappa shape index (κ1) is 13.4. The molecular weight excluding hydrogens is 240 g/mol. The SMILES string of the molecule is CC(C)(Nc1ncc([N+](=O)[O-])cc1C#N)C(=O)O. The molecule has 2 N–H and O–H groups in total. The van der Waals surface area contributed by atoms with Gasteiger partial charge >= 0.3 is 5.97 Å². The van der Waals surface area contributed by atoms with Crippen molar-refractivity contribution in [3.05, 3.63) is 27.9 Å². The van der Waals surface area contributed by atoms with E-state index in [0.717, 1.165) is 12.3 Å². The van der Waals surface area contributed by atoms with E-state index >= 15 is 0 Å². The summed E-state index contributed by atoms with van der Waals surface area (Å²) in [5.41, 5.74) is -1.75. The predicted molar refractivity (Wildman–Crippen MR) is 60.9 cm³/mol. The summed E-state index contributed by atoms with van der Waals surface area (Å²) in [5, 5.41) is 30.9. The second-order valence-electron chi connectivity index (χ2n) is 4.01. The number of anilines is 1. The van der Waals surface area contributed by atoms with Gasteiger partial charge in [0, 0.05) is 6.07 Å². The molecule has 0 atom stereocenters. The normalized spacial score (nSPS) is 10.5. The molecule has 94 valence electrons. The van der Waals surface area contributed by atoms with Crippen molar-refractivity contribution in [1.82, 2.24) is 4.98 Å². The van der Waals surface area contributed by atoms with Gasteiger partial charge in [-0.15, -0.1) is 0 Å². The Morgan fingerprint density at radius 1 is 1.67 bits per heavy atom. The second-order valence-corrected chi connectivity index (χ2v) is 4.01. The Hall–Kier alpha value is -2.69. The molecule has 1 aromatic heterocycles. The molecule has 1 aromatic rings. The number of rotatable bonds is 4. The molecule has 8 heteroatoms. The summed E-state index contributed by atoms with van der Waals surface area (Å²) >= 11 is 0. The molecular formula is C10H10N4O4. The van der Waals surface area contributed by atoms with Gasteiger partial charge in [0.2, 0.25) is 0 Å². The Morgan fingerprint density at radius 2 is 2.28 bits per heavy atom. The summed E-state index contributed by atoms with van der Waals surface area (Å²) in [6, 6.07) is 2.76. The van der Waals surface area contributed by atoms with E-state index in [1.54, 1.807) is 6.07 Å². The number of nitriles is 1. The highest BCUT2D eigenvalue weighted by molar-refractivity contribution is 5.81. The Bertz CT molecular complexity index is 547. The minimum atomic E-state index is -1.34. The molecule has 1 heterocycles. The number of carboxylic acids is 1. The smallest absolute Gasteiger partial charge is 0.328 e. The molecule has 0 aliphatic heterocycles. The van der Waals surface area contributed by atoms with Crippen LogP contribution in [0.4, 0.5) is 11.5 Å². The van der Waals surface area contributed by atoms with E-state index in [2.05, 4.69) is 10.3 Å². The zero-order chi connectivity index (χ0) is 13.9. The van der Waals surface area contributed by atoms with E-state index < -0.39 is 16.4 Å². The summed E-state index contributed by atoms with van der Waals surface area (Å²) in [4.78, 5) is 24.5. The average Bonchev–Trinajstić information content (AvgIpc) is 2.28. The van der Waals surface area contributed by atoms with Gasteiger partial charge in [0.15, 0.2) is 0 Å². The number of aromatic nitrogens is 1. The second kappa shape index (κ2) is 4.67. The van der Waals surface area contributed by atoms with Crippen LogP contribution in [0.5, 0.6) is 0 Å². The standard InChI is InChI=1S/C10H10N4O4/c1-10(2,9(15)16)13-8-6(4-11)3-7(5-12-8)14(17)18/h3,5H,1-2H3,(H,12,13)(H,15,16). The van der Waals surface area contributed by atoms with Crippen molar-refractivity contribution in [2.75, 3.05) is 5.32 Å². The minimum Gasteiger partial charge on any atom is -0.480 e. The molecule has 18 heavy (non-hydrogen) atoms. The zero-order valence-corrected chi connectivity index (χ0v) is 9.67. The van der Waals surface area contributed by atoms with Crippen LogP contribution in [0.2, 0.25) is 0 Å². The van der Waals surface area contributed by atoms with Gasteiger partial charge in [-0.25, -0.2) is 9.78 Å². The molecule has 0 amide bonds. The van der Waals surface area contributed by atoms with Crippen LogP contribution >= 0.6 is 0 Å². The number of pyridine rings is 1. The fourth-order valence-electron chi connectivity index (χ4n) is 1.09. The third kappa shape index (κ3) is 2.70. The number of nitro groups is 1. The molecule has 0 fully saturated rings. The van der Waals surface area contributed by atoms with Crippen LogP contribution in [0.3, 0.4) is 0 Å². The molecule has 0 bridgehead atoms. The van der Waals surface area contributed by atoms with E-state index in [1.165, 1.54) is 13.8 Å². The highest BCUT2D eigenvalue weighted by Gasteiger charge is 2.28. The minimum absolute atomic E-state index is 0.00417. The molecule has 8 nitrogen and oxygen atoms in total. The van der Waals surface area contributed by atoms with Gasteiger partial charge in [-0.1, -0.05) is 0 Å². The maximum atomic E-state index is 10.9. The highest BCUT2D eigenvalue weighted by atomic mass is 16.6. The fourth-order valence-corrected chi connectivity index (χ4v) is 1.09. The van der Waals surface area contributed by atoms with Gasteiger partial charge in [-0.3, -0.25) is 10.1 Å². The van der Waals surface area contributed by atoms with Crippen molar-refractivity contribution in [3.63, 3.8) is 0 Å². The Balaban J connectivity index is 3.16. The number of nitrogens with one attached hydrogen (secondary N) is 1. The van der Waals surface area contributed by atoms with E-state index in [4.69, 9.17) is 10.4 Å². The third-order valence-corrected chi connectivity index (χ3v) is 2.17. The maximum absolute atomic E-state index is 10.9. The molecule has 0 unspecified atom stereocenters. The summed E-state index contributed by atoms with van der Waals surface area (Å²) in [5.74, 6) is -1.14. The molecule has 0 saturated carbocycles. The van der Waals surface area contributed by atoms with Crippen molar-refractivity contribution >= 4 is 17.5 Å². The lowest BCUT2D eigenvalue weighted by molar-refractivity contribution is -0.385. The number of nitrogens with zero attached hydrogens (tertiary/aromatic N) is 3. The van der Waals surface area contributed by atoms with Crippen LogP contribution in [0.25, 0.3) is 0 Å². The van der Waals surface area contributed by atoms with Crippen molar-refractivity contribution < 1.29 is 14.8 Å². The summed E-state index contributed by atoms with van der Waals surface area (Å²) in [7, 11) is 0. The lowest BCUT2D eigenvalue weighted by atomic mass is 10.1. The van der Waals surface area contributed by atoms with Crippen LogP contribution < -0.4 is 5.32 Å². The molecule has 0 aromatic carbocycles. The van der Waals surface area contributed by atoms with Crippen LogP contribution in [0.1, 0.15) is 19.4 Å². The van der Waals surface area contributed by atoms with Gasteiger partial charge in [0.05, 0.1) is 4.92 Å². The predicted octanol–water partition coefficient (Wildman–Crippen LogP) is 1.14. The number of carboxylic acid groups (broad SMARTS) is 1. The summed E-state index contributed by atoms with van der Waals surface area (Å²) < 4.78 is 0. The van der Waals surface area contributed by atoms with Gasteiger partial charge in [-0.05, 0) is 13.8 Å². The van der Waals surface area contributed by atoms with Crippen LogP contribution in [-0.4, -0.2) is 26.5 Å². The van der Waals surface area contributed by atoms with E-state index in [-0.39, 0.29) is 17.1 Å². The Morgan fingerprint density at radius 3 is 2.72 bits per heavy atom. The van der Waals surface area contributed by atoms with Gasteiger partial charge in [0.25, 0.3) is 5.69 Å². The van der Waals surface area contributed by atoms with E-state index in [9.17, 15) is 14.9 Å². The summed E-state index contributed by atoms with van der Waals surface area (Å²) in [6.45, 7) is 2.78. The van der Waals surface area contributed by atoms with Crippen molar-refractivity contribution in [1.29, 1.82) is 5.26 Å². The number of aliphatic carboxylic acids is 1. The fraction of sp³-hybridized carbons (Fsp3) is 0.300. The summed E-state index contributed by atoms with van der Waals surface area (Å²) in [6.07, 6.45) is 0.959. The van der Waals surface area contributed by atoms with Gasteiger partial charge in [-0.2, -0.15) is 5.26 Å². The molecule has 0 spiro atoms. The quantitative estimate of drug-likeness (QED) is 0.605. The van der Waals surface area contributed by atoms with Crippen LogP contribution in [0.15, 0.2) is 12.3 Å². The van der Waals surface area contributed by atoms with Crippen LogP contribution in [-0.2, 0) is 4.79 Å². The van der Waals surface area contributed by atoms with Crippen molar-refractivity contribution in [3.8, 4) is 6.07 Å². The monoisotopic (exact) mass is 250 g/mol. The Kier molecular flexibility index (Phi) is 3.47. The van der Waals surface area contributed by atoms with E-state index in [0.29, 0.717) is 0 Å². The molecule has 0 aliphatic carbocycles. The van der Waals surface area contributed by atoms with Gasteiger partial charge in [0.1, 0.15) is 29.2 Å². The third-order valence-electron chi connectivity index (χ3n) is 2.17. The van der Waals surface area contributed by atoms with Gasteiger partial charge < -0.3 is 10.4 Å². The number of hydrogen-bond acceptors (Lipinski definition) is 6. The van der Waals surface area contributed by atoms with Crippen LogP contribution in [0, 0.1) is 21.4 Å². The Labute approximate surface area is 102 Å². The largest absolute Gasteiger partial charge is 0.480 e. The van der Waals surface area contributed by atoms with Crippen molar-refractivity contribution in [2.24, 2.45) is 0 Å². The first-order valence-electron chi connectivity index (χ1n) is 4.84. The average molecular weight is 250 g/mol.